The number of halogens is 1. The van der Waals surface area contributed by atoms with Gasteiger partial charge in [0.05, 0.1) is 0 Å². The molecule has 0 aliphatic carbocycles. The second-order valence-corrected chi connectivity index (χ2v) is 7.41. The van der Waals surface area contributed by atoms with Gasteiger partial charge in [0, 0.05) is 11.6 Å². The lowest BCUT2D eigenvalue weighted by Crippen LogP contribution is -2.26. The molecule has 0 heterocycles. The zero-order valence-corrected chi connectivity index (χ0v) is 17.6. The van der Waals surface area contributed by atoms with E-state index < -0.39 is 0 Å². The van der Waals surface area contributed by atoms with Gasteiger partial charge in [0.15, 0.2) is 0 Å². The topological polar surface area (TPSA) is 12.5 Å². The molecule has 27 heavy (non-hydrogen) atoms. The molecule has 0 N–H and O–H groups in total. The maximum absolute atomic E-state index is 5.91. The number of ether oxygens (including phenoxy) is 1. The second kappa shape index (κ2) is 11.8. The Labute approximate surface area is 169 Å². The highest BCUT2D eigenvalue weighted by atomic mass is 35.5. The monoisotopic (exact) mass is 385 g/mol. The van der Waals surface area contributed by atoms with Crippen molar-refractivity contribution in [3.8, 4) is 11.5 Å². The van der Waals surface area contributed by atoms with Gasteiger partial charge in [0.2, 0.25) is 0 Å². The summed E-state index contributed by atoms with van der Waals surface area (Å²) >= 11 is 5.91. The molecule has 0 radical (unpaired) electrons. The standard InChI is InChI=1S/C24H32ClNO/c1-4-6-17-26(18-7-5-2)19-16-20(3)21-8-12-23(13-9-21)27-24-14-10-22(25)11-15-24/h8-16H,4-7,17-19H2,1-3H3. The molecule has 0 saturated heterocycles. The third kappa shape index (κ3) is 7.78. The lowest BCUT2D eigenvalue weighted by atomic mass is 10.1. The first kappa shape index (κ1) is 21.5. The predicted molar refractivity (Wildman–Crippen MR) is 118 cm³/mol. The molecule has 3 heteroatoms. The summed E-state index contributed by atoms with van der Waals surface area (Å²) in [6.07, 6.45) is 7.39. The average Bonchev–Trinajstić information content (AvgIpc) is 2.69. The maximum atomic E-state index is 5.91. The summed E-state index contributed by atoms with van der Waals surface area (Å²) in [4.78, 5) is 2.56. The third-order valence-electron chi connectivity index (χ3n) is 4.67. The highest BCUT2D eigenvalue weighted by Gasteiger charge is 2.04. The first-order chi connectivity index (χ1) is 13.1. The van der Waals surface area contributed by atoms with Gasteiger partial charge in [-0.2, -0.15) is 0 Å². The highest BCUT2D eigenvalue weighted by molar-refractivity contribution is 6.30. The Morgan fingerprint density at radius 2 is 1.41 bits per heavy atom. The molecule has 0 saturated carbocycles. The van der Waals surface area contributed by atoms with Crippen molar-refractivity contribution in [1.82, 2.24) is 4.90 Å². The molecule has 2 rings (SSSR count). The fraction of sp³-hybridized carbons (Fsp3) is 0.417. The summed E-state index contributed by atoms with van der Waals surface area (Å²) in [5.74, 6) is 1.63. The van der Waals surface area contributed by atoms with Crippen molar-refractivity contribution in [2.24, 2.45) is 0 Å². The molecule has 0 unspecified atom stereocenters. The minimum absolute atomic E-state index is 0.713. The summed E-state index contributed by atoms with van der Waals surface area (Å²) in [6, 6.07) is 15.7. The van der Waals surface area contributed by atoms with E-state index in [0.717, 1.165) is 18.0 Å². The van der Waals surface area contributed by atoms with Crippen molar-refractivity contribution in [3.63, 3.8) is 0 Å². The van der Waals surface area contributed by atoms with Gasteiger partial charge in [-0.05, 0) is 80.4 Å². The fourth-order valence-corrected chi connectivity index (χ4v) is 2.99. The Morgan fingerprint density at radius 3 is 1.93 bits per heavy atom. The van der Waals surface area contributed by atoms with Crippen LogP contribution in [0.2, 0.25) is 5.02 Å². The first-order valence-corrected chi connectivity index (χ1v) is 10.4. The van der Waals surface area contributed by atoms with Crippen LogP contribution in [0.25, 0.3) is 5.57 Å². The molecule has 0 spiro atoms. The van der Waals surface area contributed by atoms with Crippen molar-refractivity contribution in [2.45, 2.75) is 46.5 Å². The van der Waals surface area contributed by atoms with Crippen molar-refractivity contribution in [2.75, 3.05) is 19.6 Å². The molecule has 0 aliphatic heterocycles. The average molecular weight is 386 g/mol. The van der Waals surface area contributed by atoms with Crippen molar-refractivity contribution < 1.29 is 4.74 Å². The summed E-state index contributed by atoms with van der Waals surface area (Å²) in [6.45, 7) is 10.1. The van der Waals surface area contributed by atoms with Crippen LogP contribution in [0.5, 0.6) is 11.5 Å². The van der Waals surface area contributed by atoms with Crippen LogP contribution in [-0.2, 0) is 0 Å². The van der Waals surface area contributed by atoms with E-state index in [4.69, 9.17) is 16.3 Å². The van der Waals surface area contributed by atoms with Gasteiger partial charge >= 0.3 is 0 Å². The van der Waals surface area contributed by atoms with Gasteiger partial charge < -0.3 is 4.74 Å². The van der Waals surface area contributed by atoms with E-state index in [-0.39, 0.29) is 0 Å². The zero-order valence-electron chi connectivity index (χ0n) is 16.9. The zero-order chi connectivity index (χ0) is 19.5. The largest absolute Gasteiger partial charge is 0.457 e. The SMILES string of the molecule is CCCCN(CC=C(C)c1ccc(Oc2ccc(Cl)cc2)cc1)CCCC. The first-order valence-electron chi connectivity index (χ1n) is 10.0. The lowest BCUT2D eigenvalue weighted by Gasteiger charge is -2.20. The summed E-state index contributed by atoms with van der Waals surface area (Å²) in [7, 11) is 0. The smallest absolute Gasteiger partial charge is 0.127 e. The number of unbranched alkanes of at least 4 members (excludes halogenated alkanes) is 2. The second-order valence-electron chi connectivity index (χ2n) is 6.98. The van der Waals surface area contributed by atoms with Crippen LogP contribution in [-0.4, -0.2) is 24.5 Å². The van der Waals surface area contributed by atoms with Gasteiger partial charge in [-0.3, -0.25) is 4.90 Å². The van der Waals surface area contributed by atoms with Crippen LogP contribution < -0.4 is 4.74 Å². The minimum Gasteiger partial charge on any atom is -0.457 e. The van der Waals surface area contributed by atoms with Gasteiger partial charge in [0.25, 0.3) is 0 Å². The molecule has 0 aliphatic rings. The van der Waals surface area contributed by atoms with E-state index in [1.54, 1.807) is 0 Å². The fourth-order valence-electron chi connectivity index (χ4n) is 2.87. The molecule has 0 fully saturated rings. The van der Waals surface area contributed by atoms with Crippen molar-refractivity contribution in [1.29, 1.82) is 0 Å². The molecule has 0 atom stereocenters. The van der Waals surface area contributed by atoms with Crippen molar-refractivity contribution >= 4 is 17.2 Å². The van der Waals surface area contributed by atoms with Crippen LogP contribution >= 0.6 is 11.6 Å². The lowest BCUT2D eigenvalue weighted by molar-refractivity contribution is 0.292. The quantitative estimate of drug-likeness (QED) is 0.398. The molecule has 0 amide bonds. The van der Waals surface area contributed by atoms with E-state index in [2.05, 4.69) is 43.9 Å². The van der Waals surface area contributed by atoms with Crippen LogP contribution in [0.4, 0.5) is 0 Å². The summed E-state index contributed by atoms with van der Waals surface area (Å²) in [5, 5.41) is 0.713. The Morgan fingerprint density at radius 1 is 0.889 bits per heavy atom. The number of allylic oxidation sites excluding steroid dienone is 1. The molecule has 2 aromatic carbocycles. The Kier molecular flexibility index (Phi) is 9.44. The molecular formula is C24H32ClNO. The highest BCUT2D eigenvalue weighted by Crippen LogP contribution is 2.25. The summed E-state index contributed by atoms with van der Waals surface area (Å²) < 4.78 is 5.87. The van der Waals surface area contributed by atoms with E-state index in [1.807, 2.05) is 36.4 Å². The Hall–Kier alpha value is -1.77. The maximum Gasteiger partial charge on any atom is 0.127 e. The molecule has 0 bridgehead atoms. The van der Waals surface area contributed by atoms with Crippen LogP contribution in [0.1, 0.15) is 52.0 Å². The Balaban J connectivity index is 1.95. The van der Waals surface area contributed by atoms with Crippen LogP contribution in [0.15, 0.2) is 54.6 Å². The van der Waals surface area contributed by atoms with E-state index in [0.29, 0.717) is 5.02 Å². The molecular weight excluding hydrogens is 354 g/mol. The third-order valence-corrected chi connectivity index (χ3v) is 4.92. The molecule has 2 nitrogen and oxygen atoms in total. The number of hydrogen-bond donors (Lipinski definition) is 0. The minimum atomic E-state index is 0.713. The number of hydrogen-bond acceptors (Lipinski definition) is 2. The Bertz CT molecular complexity index is 683. The van der Waals surface area contributed by atoms with Crippen molar-refractivity contribution in [3.05, 3.63) is 65.2 Å². The van der Waals surface area contributed by atoms with Gasteiger partial charge in [-0.15, -0.1) is 0 Å². The van der Waals surface area contributed by atoms with E-state index in [1.165, 1.54) is 49.9 Å². The summed E-state index contributed by atoms with van der Waals surface area (Å²) in [5.41, 5.74) is 2.55. The van der Waals surface area contributed by atoms with Crippen LogP contribution in [0, 0.1) is 0 Å². The van der Waals surface area contributed by atoms with E-state index in [9.17, 15) is 0 Å². The molecule has 0 aromatic heterocycles. The van der Waals surface area contributed by atoms with Gasteiger partial charge in [-0.25, -0.2) is 0 Å². The number of benzene rings is 2. The predicted octanol–water partition coefficient (Wildman–Crippen LogP) is 7.44. The molecule has 146 valence electrons. The normalized spacial score (nSPS) is 11.8. The van der Waals surface area contributed by atoms with Crippen LogP contribution in [0.3, 0.4) is 0 Å². The van der Waals surface area contributed by atoms with E-state index >= 15 is 0 Å². The number of rotatable bonds is 11. The van der Waals surface area contributed by atoms with Gasteiger partial charge in [0.1, 0.15) is 11.5 Å². The molecule has 2 aromatic rings. The number of nitrogens with zero attached hydrogens (tertiary/aromatic N) is 1. The van der Waals surface area contributed by atoms with Gasteiger partial charge in [-0.1, -0.05) is 56.5 Å².